The zero-order valence-corrected chi connectivity index (χ0v) is 10.8. The van der Waals surface area contributed by atoms with Crippen LogP contribution in [-0.4, -0.2) is 22.2 Å². The molecule has 0 radical (unpaired) electrons. The summed E-state index contributed by atoms with van der Waals surface area (Å²) in [4.78, 5) is 8.16. The molecular weight excluding hydrogens is 240 g/mol. The van der Waals surface area contributed by atoms with Crippen LogP contribution >= 0.6 is 0 Å². The van der Waals surface area contributed by atoms with Gasteiger partial charge in [-0.15, -0.1) is 0 Å². The summed E-state index contributed by atoms with van der Waals surface area (Å²) in [7, 11) is 1.63. The van der Waals surface area contributed by atoms with Crippen molar-refractivity contribution in [3.05, 3.63) is 54.1 Å². The number of rotatable bonds is 4. The van der Waals surface area contributed by atoms with Crippen LogP contribution in [-0.2, 0) is 5.60 Å². The SMILES string of the molecule is COc1ccc(C(O)(c2ccncn2)C2CC2)cc1. The van der Waals surface area contributed by atoms with Crippen molar-refractivity contribution in [1.82, 2.24) is 9.97 Å². The Balaban J connectivity index is 2.05. The lowest BCUT2D eigenvalue weighted by molar-refractivity contribution is 0.0517. The van der Waals surface area contributed by atoms with Gasteiger partial charge in [-0.2, -0.15) is 0 Å². The first-order chi connectivity index (χ1) is 9.25. The quantitative estimate of drug-likeness (QED) is 0.910. The third kappa shape index (κ3) is 2.08. The summed E-state index contributed by atoms with van der Waals surface area (Å²) in [6, 6.07) is 9.31. The van der Waals surface area contributed by atoms with Gasteiger partial charge in [0.25, 0.3) is 0 Å². The second-order valence-electron chi connectivity index (χ2n) is 4.86. The molecule has 4 nitrogen and oxygen atoms in total. The topological polar surface area (TPSA) is 55.2 Å². The number of ether oxygens (including phenoxy) is 1. The molecule has 2 aromatic rings. The van der Waals surface area contributed by atoms with Gasteiger partial charge in [-0.3, -0.25) is 0 Å². The van der Waals surface area contributed by atoms with Crippen LogP contribution in [0.5, 0.6) is 5.75 Å². The lowest BCUT2D eigenvalue weighted by Gasteiger charge is -2.28. The molecule has 19 heavy (non-hydrogen) atoms. The fraction of sp³-hybridized carbons (Fsp3) is 0.333. The summed E-state index contributed by atoms with van der Waals surface area (Å²) in [5, 5.41) is 11.1. The molecule has 0 spiro atoms. The first-order valence-electron chi connectivity index (χ1n) is 6.38. The molecule has 3 rings (SSSR count). The molecule has 1 saturated carbocycles. The second-order valence-corrected chi connectivity index (χ2v) is 4.86. The predicted molar refractivity (Wildman–Crippen MR) is 70.7 cm³/mol. The van der Waals surface area contributed by atoms with Gasteiger partial charge in [-0.05, 0) is 42.5 Å². The van der Waals surface area contributed by atoms with Crippen molar-refractivity contribution in [1.29, 1.82) is 0 Å². The molecule has 1 fully saturated rings. The smallest absolute Gasteiger partial charge is 0.134 e. The summed E-state index contributed by atoms with van der Waals surface area (Å²) in [6.45, 7) is 0. The molecule has 0 amide bonds. The van der Waals surface area contributed by atoms with Crippen LogP contribution in [0, 0.1) is 5.92 Å². The standard InChI is InChI=1S/C15H16N2O2/c1-19-13-6-4-12(5-7-13)15(18,11-2-3-11)14-8-9-16-10-17-14/h4-11,18H,2-3H2,1H3. The van der Waals surface area contributed by atoms with Gasteiger partial charge in [-0.1, -0.05) is 12.1 Å². The van der Waals surface area contributed by atoms with E-state index in [0.717, 1.165) is 24.2 Å². The average molecular weight is 256 g/mol. The molecule has 0 aliphatic heterocycles. The summed E-state index contributed by atoms with van der Waals surface area (Å²) < 4.78 is 5.16. The minimum Gasteiger partial charge on any atom is -0.497 e. The minimum absolute atomic E-state index is 0.232. The van der Waals surface area contributed by atoms with Gasteiger partial charge in [0, 0.05) is 6.20 Å². The summed E-state index contributed by atoms with van der Waals surface area (Å²) >= 11 is 0. The zero-order chi connectivity index (χ0) is 13.3. The van der Waals surface area contributed by atoms with E-state index in [1.54, 1.807) is 19.4 Å². The van der Waals surface area contributed by atoms with Crippen molar-refractivity contribution in [2.24, 2.45) is 5.92 Å². The van der Waals surface area contributed by atoms with Crippen molar-refractivity contribution < 1.29 is 9.84 Å². The fourth-order valence-electron chi connectivity index (χ4n) is 2.46. The van der Waals surface area contributed by atoms with E-state index in [0.29, 0.717) is 5.69 Å². The Labute approximate surface area is 112 Å². The molecule has 1 aromatic heterocycles. The number of aromatic nitrogens is 2. The lowest BCUT2D eigenvalue weighted by Crippen LogP contribution is -2.31. The Hall–Kier alpha value is -1.94. The van der Waals surface area contributed by atoms with E-state index in [1.165, 1.54) is 6.33 Å². The van der Waals surface area contributed by atoms with E-state index in [-0.39, 0.29) is 5.92 Å². The van der Waals surface area contributed by atoms with Gasteiger partial charge in [0.2, 0.25) is 0 Å². The Morgan fingerprint density at radius 3 is 2.47 bits per heavy atom. The van der Waals surface area contributed by atoms with E-state index in [1.807, 2.05) is 24.3 Å². The largest absolute Gasteiger partial charge is 0.497 e. The number of hydrogen-bond acceptors (Lipinski definition) is 4. The van der Waals surface area contributed by atoms with Crippen LogP contribution in [0.2, 0.25) is 0 Å². The molecular formula is C15H16N2O2. The monoisotopic (exact) mass is 256 g/mol. The van der Waals surface area contributed by atoms with E-state index >= 15 is 0 Å². The number of methoxy groups -OCH3 is 1. The van der Waals surface area contributed by atoms with Crippen molar-refractivity contribution in [2.75, 3.05) is 7.11 Å². The van der Waals surface area contributed by atoms with Gasteiger partial charge in [0.05, 0.1) is 12.8 Å². The van der Waals surface area contributed by atoms with Crippen molar-refractivity contribution >= 4 is 0 Å². The molecule has 1 N–H and O–H groups in total. The van der Waals surface area contributed by atoms with Crippen LogP contribution in [0.4, 0.5) is 0 Å². The summed E-state index contributed by atoms with van der Waals surface area (Å²) in [5.41, 5.74) is 0.500. The molecule has 0 saturated heterocycles. The van der Waals surface area contributed by atoms with Gasteiger partial charge in [0.15, 0.2) is 0 Å². The molecule has 1 heterocycles. The maximum atomic E-state index is 11.1. The number of aliphatic hydroxyl groups is 1. The first-order valence-corrected chi connectivity index (χ1v) is 6.38. The fourth-order valence-corrected chi connectivity index (χ4v) is 2.46. The predicted octanol–water partition coefficient (Wildman–Crippen LogP) is 2.13. The number of nitrogens with zero attached hydrogens (tertiary/aromatic N) is 2. The van der Waals surface area contributed by atoms with E-state index in [2.05, 4.69) is 9.97 Å². The van der Waals surface area contributed by atoms with Crippen LogP contribution in [0.1, 0.15) is 24.1 Å². The summed E-state index contributed by atoms with van der Waals surface area (Å²) in [6.07, 6.45) is 5.18. The van der Waals surface area contributed by atoms with Gasteiger partial charge < -0.3 is 9.84 Å². The molecule has 4 heteroatoms. The Morgan fingerprint density at radius 1 is 1.21 bits per heavy atom. The number of benzene rings is 1. The molecule has 1 unspecified atom stereocenters. The van der Waals surface area contributed by atoms with Crippen molar-refractivity contribution in [3.8, 4) is 5.75 Å². The first kappa shape index (κ1) is 12.1. The van der Waals surface area contributed by atoms with E-state index in [9.17, 15) is 5.11 Å². The second kappa shape index (κ2) is 4.63. The highest BCUT2D eigenvalue weighted by Gasteiger charge is 2.47. The van der Waals surface area contributed by atoms with Crippen LogP contribution in [0.3, 0.4) is 0 Å². The summed E-state index contributed by atoms with van der Waals surface area (Å²) in [5.74, 6) is 1.01. The number of hydrogen-bond donors (Lipinski definition) is 1. The van der Waals surface area contributed by atoms with Crippen LogP contribution in [0.25, 0.3) is 0 Å². The molecule has 1 aliphatic rings. The third-order valence-electron chi connectivity index (χ3n) is 3.67. The zero-order valence-electron chi connectivity index (χ0n) is 10.8. The lowest BCUT2D eigenvalue weighted by atomic mass is 9.85. The normalized spacial score (nSPS) is 17.8. The maximum Gasteiger partial charge on any atom is 0.134 e. The van der Waals surface area contributed by atoms with E-state index < -0.39 is 5.60 Å². The molecule has 1 aliphatic carbocycles. The van der Waals surface area contributed by atoms with Gasteiger partial charge in [-0.25, -0.2) is 9.97 Å². The average Bonchev–Trinajstić information content (AvgIpc) is 3.32. The van der Waals surface area contributed by atoms with Crippen LogP contribution < -0.4 is 4.74 Å². The minimum atomic E-state index is -1.02. The Kier molecular flexibility index (Phi) is 2.95. The van der Waals surface area contributed by atoms with Crippen molar-refractivity contribution in [2.45, 2.75) is 18.4 Å². The van der Waals surface area contributed by atoms with Crippen LogP contribution in [0.15, 0.2) is 42.9 Å². The van der Waals surface area contributed by atoms with Gasteiger partial charge in [0.1, 0.15) is 17.7 Å². The highest BCUT2D eigenvalue weighted by Crippen LogP contribution is 2.49. The Morgan fingerprint density at radius 2 is 1.95 bits per heavy atom. The molecule has 1 atom stereocenters. The molecule has 1 aromatic carbocycles. The third-order valence-corrected chi connectivity index (χ3v) is 3.67. The molecule has 98 valence electrons. The highest BCUT2D eigenvalue weighted by molar-refractivity contribution is 5.37. The molecule has 0 bridgehead atoms. The maximum absolute atomic E-state index is 11.1. The van der Waals surface area contributed by atoms with Crippen molar-refractivity contribution in [3.63, 3.8) is 0 Å². The highest BCUT2D eigenvalue weighted by atomic mass is 16.5. The Bertz CT molecular complexity index is 552. The van der Waals surface area contributed by atoms with E-state index in [4.69, 9.17) is 4.74 Å². The van der Waals surface area contributed by atoms with Gasteiger partial charge >= 0.3 is 0 Å².